The first kappa shape index (κ1) is 14.8. The Kier molecular flexibility index (Phi) is 4.54. The maximum atomic E-state index is 12.1. The number of aryl methyl sites for hydroxylation is 1. The Labute approximate surface area is 131 Å². The van der Waals surface area contributed by atoms with Crippen LogP contribution in [-0.2, 0) is 24.1 Å². The molecule has 0 saturated carbocycles. The van der Waals surface area contributed by atoms with Crippen LogP contribution in [-0.4, -0.2) is 23.2 Å². The summed E-state index contributed by atoms with van der Waals surface area (Å²) >= 11 is 0. The number of nitrogens with one attached hydrogen (secondary N) is 1. The van der Waals surface area contributed by atoms with Crippen molar-refractivity contribution in [1.82, 2.24) is 5.32 Å². The monoisotopic (exact) mass is 295 g/mol. The zero-order valence-electron chi connectivity index (χ0n) is 12.5. The summed E-state index contributed by atoms with van der Waals surface area (Å²) in [6, 6.07) is 18.3. The Morgan fingerprint density at radius 1 is 1.05 bits per heavy atom. The molecule has 114 valence electrons. The highest BCUT2D eigenvalue weighted by Crippen LogP contribution is 2.21. The lowest BCUT2D eigenvalue weighted by atomic mass is 10.1. The average Bonchev–Trinajstić information content (AvgIpc) is 2.95. The SMILES string of the molecule is O=C(NC1Cc2ccccc2C1)C(O)CCc1ccccc1. The molecule has 3 rings (SSSR count). The highest BCUT2D eigenvalue weighted by Gasteiger charge is 2.24. The van der Waals surface area contributed by atoms with Gasteiger partial charge < -0.3 is 10.4 Å². The summed E-state index contributed by atoms with van der Waals surface area (Å²) in [4.78, 5) is 12.1. The van der Waals surface area contributed by atoms with Gasteiger partial charge >= 0.3 is 0 Å². The maximum Gasteiger partial charge on any atom is 0.249 e. The molecule has 2 aromatic carbocycles. The van der Waals surface area contributed by atoms with Crippen LogP contribution in [0.25, 0.3) is 0 Å². The van der Waals surface area contributed by atoms with Gasteiger partial charge in [-0.15, -0.1) is 0 Å². The highest BCUT2D eigenvalue weighted by molar-refractivity contribution is 5.81. The van der Waals surface area contributed by atoms with Crippen molar-refractivity contribution in [3.63, 3.8) is 0 Å². The molecular weight excluding hydrogens is 274 g/mol. The van der Waals surface area contributed by atoms with Crippen LogP contribution in [0.5, 0.6) is 0 Å². The van der Waals surface area contributed by atoms with E-state index in [0.29, 0.717) is 12.8 Å². The number of rotatable bonds is 5. The molecule has 0 aromatic heterocycles. The van der Waals surface area contributed by atoms with Crippen molar-refractivity contribution in [2.24, 2.45) is 0 Å². The molecule has 0 radical (unpaired) electrons. The number of carbonyl (C=O) groups is 1. The van der Waals surface area contributed by atoms with Gasteiger partial charge in [-0.1, -0.05) is 54.6 Å². The summed E-state index contributed by atoms with van der Waals surface area (Å²) in [5.74, 6) is -0.256. The second-order valence-electron chi connectivity index (χ2n) is 5.92. The first-order valence-corrected chi connectivity index (χ1v) is 7.81. The number of aliphatic hydroxyl groups is 1. The standard InChI is InChI=1S/C19H21NO2/c21-18(11-10-14-6-2-1-3-7-14)19(22)20-17-12-15-8-4-5-9-16(15)13-17/h1-9,17-18,21H,10-13H2,(H,20,22). The van der Waals surface area contributed by atoms with Gasteiger partial charge in [-0.25, -0.2) is 0 Å². The van der Waals surface area contributed by atoms with Crippen molar-refractivity contribution >= 4 is 5.91 Å². The third-order valence-corrected chi connectivity index (χ3v) is 4.25. The third-order valence-electron chi connectivity index (χ3n) is 4.25. The fourth-order valence-electron chi connectivity index (χ4n) is 3.04. The predicted octanol–water partition coefficient (Wildman–Crippen LogP) is 2.26. The molecule has 3 nitrogen and oxygen atoms in total. The summed E-state index contributed by atoms with van der Waals surface area (Å²) in [7, 11) is 0. The van der Waals surface area contributed by atoms with Gasteiger partial charge in [0, 0.05) is 6.04 Å². The molecule has 2 N–H and O–H groups in total. The van der Waals surface area contributed by atoms with E-state index in [2.05, 4.69) is 17.4 Å². The molecule has 22 heavy (non-hydrogen) atoms. The van der Waals surface area contributed by atoms with E-state index in [1.165, 1.54) is 11.1 Å². The average molecular weight is 295 g/mol. The summed E-state index contributed by atoms with van der Waals surface area (Å²) in [6.07, 6.45) is 1.93. The quantitative estimate of drug-likeness (QED) is 0.889. The van der Waals surface area contributed by atoms with Crippen molar-refractivity contribution < 1.29 is 9.90 Å². The van der Waals surface area contributed by atoms with Crippen LogP contribution >= 0.6 is 0 Å². The van der Waals surface area contributed by atoms with E-state index < -0.39 is 6.10 Å². The Bertz CT molecular complexity index is 614. The van der Waals surface area contributed by atoms with E-state index in [9.17, 15) is 9.90 Å². The Balaban J connectivity index is 1.48. The topological polar surface area (TPSA) is 49.3 Å². The third kappa shape index (κ3) is 3.55. The molecule has 0 bridgehead atoms. The van der Waals surface area contributed by atoms with Crippen LogP contribution in [0.4, 0.5) is 0 Å². The van der Waals surface area contributed by atoms with Gasteiger partial charge in [0.05, 0.1) is 0 Å². The molecule has 1 amide bonds. The van der Waals surface area contributed by atoms with Crippen molar-refractivity contribution in [2.75, 3.05) is 0 Å². The minimum Gasteiger partial charge on any atom is -0.383 e. The number of fused-ring (bicyclic) bond motifs is 1. The van der Waals surface area contributed by atoms with Gasteiger partial charge in [0.25, 0.3) is 0 Å². The number of carbonyl (C=O) groups excluding carboxylic acids is 1. The van der Waals surface area contributed by atoms with Gasteiger partial charge in [0.2, 0.25) is 5.91 Å². The van der Waals surface area contributed by atoms with E-state index >= 15 is 0 Å². The van der Waals surface area contributed by atoms with Crippen molar-refractivity contribution in [1.29, 1.82) is 0 Å². The summed E-state index contributed by atoms with van der Waals surface area (Å²) < 4.78 is 0. The van der Waals surface area contributed by atoms with Gasteiger partial charge in [-0.05, 0) is 42.4 Å². The summed E-state index contributed by atoms with van der Waals surface area (Å²) in [5, 5.41) is 13.0. The summed E-state index contributed by atoms with van der Waals surface area (Å²) in [5.41, 5.74) is 3.74. The number of aliphatic hydroxyl groups excluding tert-OH is 1. The van der Waals surface area contributed by atoms with Gasteiger partial charge in [-0.2, -0.15) is 0 Å². The molecule has 2 aromatic rings. The molecule has 0 spiro atoms. The molecular formula is C19H21NO2. The zero-order chi connectivity index (χ0) is 15.4. The number of amides is 1. The molecule has 1 aliphatic carbocycles. The van der Waals surface area contributed by atoms with Crippen LogP contribution in [0, 0.1) is 0 Å². The van der Waals surface area contributed by atoms with E-state index in [1.807, 2.05) is 42.5 Å². The van der Waals surface area contributed by atoms with Crippen LogP contribution in [0.2, 0.25) is 0 Å². The molecule has 1 aliphatic rings. The lowest BCUT2D eigenvalue weighted by Crippen LogP contribution is -2.42. The smallest absolute Gasteiger partial charge is 0.249 e. The Morgan fingerprint density at radius 2 is 1.64 bits per heavy atom. The lowest BCUT2D eigenvalue weighted by Gasteiger charge is -2.16. The minimum atomic E-state index is -0.941. The van der Waals surface area contributed by atoms with Crippen molar-refractivity contribution in [2.45, 2.75) is 37.8 Å². The maximum absolute atomic E-state index is 12.1. The first-order valence-electron chi connectivity index (χ1n) is 7.81. The largest absolute Gasteiger partial charge is 0.383 e. The van der Waals surface area contributed by atoms with Crippen LogP contribution in [0.15, 0.2) is 54.6 Å². The highest BCUT2D eigenvalue weighted by atomic mass is 16.3. The van der Waals surface area contributed by atoms with E-state index in [1.54, 1.807) is 0 Å². The predicted molar refractivity (Wildman–Crippen MR) is 86.6 cm³/mol. The van der Waals surface area contributed by atoms with Crippen LogP contribution in [0.3, 0.4) is 0 Å². The lowest BCUT2D eigenvalue weighted by molar-refractivity contribution is -0.130. The fraction of sp³-hybridized carbons (Fsp3) is 0.316. The van der Waals surface area contributed by atoms with Gasteiger partial charge in [-0.3, -0.25) is 4.79 Å². The molecule has 1 atom stereocenters. The number of hydrogen-bond acceptors (Lipinski definition) is 2. The summed E-state index contributed by atoms with van der Waals surface area (Å²) in [6.45, 7) is 0. The number of benzene rings is 2. The van der Waals surface area contributed by atoms with Gasteiger partial charge in [0.1, 0.15) is 6.10 Å². The molecule has 3 heteroatoms. The molecule has 0 fully saturated rings. The van der Waals surface area contributed by atoms with Crippen molar-refractivity contribution in [3.8, 4) is 0 Å². The zero-order valence-corrected chi connectivity index (χ0v) is 12.5. The van der Waals surface area contributed by atoms with Crippen LogP contribution in [0.1, 0.15) is 23.1 Å². The van der Waals surface area contributed by atoms with Crippen LogP contribution < -0.4 is 5.32 Å². The Morgan fingerprint density at radius 3 is 2.27 bits per heavy atom. The van der Waals surface area contributed by atoms with E-state index in [-0.39, 0.29) is 11.9 Å². The second kappa shape index (κ2) is 6.75. The fourth-order valence-corrected chi connectivity index (χ4v) is 3.04. The molecule has 0 heterocycles. The molecule has 0 saturated heterocycles. The Hall–Kier alpha value is -2.13. The van der Waals surface area contributed by atoms with Gasteiger partial charge in [0.15, 0.2) is 0 Å². The molecule has 0 aliphatic heterocycles. The molecule has 1 unspecified atom stereocenters. The normalized spacial score (nSPS) is 15.3. The minimum absolute atomic E-state index is 0.108. The first-order chi connectivity index (χ1) is 10.7. The second-order valence-corrected chi connectivity index (χ2v) is 5.92. The van der Waals surface area contributed by atoms with E-state index in [4.69, 9.17) is 0 Å². The van der Waals surface area contributed by atoms with Crippen molar-refractivity contribution in [3.05, 3.63) is 71.3 Å². The number of hydrogen-bond donors (Lipinski definition) is 2. The van der Waals surface area contributed by atoms with E-state index in [0.717, 1.165) is 18.4 Å².